The first kappa shape index (κ1) is 14.8. The summed E-state index contributed by atoms with van der Waals surface area (Å²) in [6, 6.07) is 15.0. The zero-order chi connectivity index (χ0) is 15.9. The molecule has 0 bridgehead atoms. The largest absolute Gasteiger partial charge is 0.326 e. The molecule has 1 aliphatic rings. The van der Waals surface area contributed by atoms with Crippen LogP contribution in [-0.4, -0.2) is 5.91 Å². The van der Waals surface area contributed by atoms with E-state index in [1.165, 1.54) is 22.3 Å². The van der Waals surface area contributed by atoms with Gasteiger partial charge in [-0.15, -0.1) is 0 Å². The van der Waals surface area contributed by atoms with E-state index in [1.807, 2.05) is 6.07 Å². The van der Waals surface area contributed by atoms with Gasteiger partial charge in [-0.25, -0.2) is 0 Å². The van der Waals surface area contributed by atoms with Crippen molar-refractivity contribution in [3.63, 3.8) is 0 Å². The number of benzene rings is 2. The van der Waals surface area contributed by atoms with Gasteiger partial charge in [0.15, 0.2) is 0 Å². The summed E-state index contributed by atoms with van der Waals surface area (Å²) >= 11 is 0. The Labute approximate surface area is 132 Å². The quantitative estimate of drug-likeness (QED) is 0.806. The van der Waals surface area contributed by atoms with E-state index in [-0.39, 0.29) is 17.2 Å². The molecule has 22 heavy (non-hydrogen) atoms. The van der Waals surface area contributed by atoms with Gasteiger partial charge in [-0.3, -0.25) is 4.79 Å². The normalized spacial score (nSPS) is 17.8. The van der Waals surface area contributed by atoms with E-state index in [2.05, 4.69) is 69.4 Å². The lowest BCUT2D eigenvalue weighted by molar-refractivity contribution is -0.116. The first-order valence-electron chi connectivity index (χ1n) is 7.85. The summed E-state index contributed by atoms with van der Waals surface area (Å²) in [5, 5.41) is 3.01. The zero-order valence-electron chi connectivity index (χ0n) is 13.7. The maximum Gasteiger partial charge on any atom is 0.225 e. The van der Waals surface area contributed by atoms with E-state index in [9.17, 15) is 4.79 Å². The molecule has 3 rings (SSSR count). The average molecular weight is 293 g/mol. The molecular formula is C20H23NO. The van der Waals surface area contributed by atoms with Crippen LogP contribution in [0.4, 0.5) is 5.69 Å². The number of nitrogens with one attached hydrogen (secondary N) is 1. The SMILES string of the molecule is Cc1ccc(C2CC(=O)Nc3ccc(C(C)(C)C)cc32)cc1. The minimum absolute atomic E-state index is 0.0987. The number of carbonyl (C=O) groups is 1. The predicted octanol–water partition coefficient (Wildman–Crippen LogP) is 4.77. The fraction of sp³-hybridized carbons (Fsp3) is 0.350. The van der Waals surface area contributed by atoms with Crippen LogP contribution in [0.15, 0.2) is 42.5 Å². The smallest absolute Gasteiger partial charge is 0.225 e. The number of rotatable bonds is 1. The maximum atomic E-state index is 12.0. The van der Waals surface area contributed by atoms with Gasteiger partial charge >= 0.3 is 0 Å². The van der Waals surface area contributed by atoms with Gasteiger partial charge in [0.25, 0.3) is 0 Å². The molecule has 1 atom stereocenters. The molecule has 1 heterocycles. The van der Waals surface area contributed by atoms with E-state index >= 15 is 0 Å². The molecule has 1 aliphatic heterocycles. The molecular weight excluding hydrogens is 270 g/mol. The number of hydrogen-bond donors (Lipinski definition) is 1. The number of fused-ring (bicyclic) bond motifs is 1. The van der Waals surface area contributed by atoms with Crippen LogP contribution >= 0.6 is 0 Å². The Morgan fingerprint density at radius 3 is 2.36 bits per heavy atom. The highest BCUT2D eigenvalue weighted by molar-refractivity contribution is 5.95. The second-order valence-electron chi connectivity index (χ2n) is 7.27. The van der Waals surface area contributed by atoms with E-state index in [0.717, 1.165) is 5.69 Å². The highest BCUT2D eigenvalue weighted by Gasteiger charge is 2.28. The molecule has 1 amide bonds. The van der Waals surface area contributed by atoms with Crippen molar-refractivity contribution in [2.75, 3.05) is 5.32 Å². The molecule has 2 aromatic carbocycles. The lowest BCUT2D eigenvalue weighted by Crippen LogP contribution is -2.24. The Morgan fingerprint density at radius 1 is 1.05 bits per heavy atom. The monoisotopic (exact) mass is 293 g/mol. The van der Waals surface area contributed by atoms with Crippen LogP contribution in [0.2, 0.25) is 0 Å². The van der Waals surface area contributed by atoms with Crippen molar-refractivity contribution in [2.24, 2.45) is 0 Å². The molecule has 2 heteroatoms. The highest BCUT2D eigenvalue weighted by atomic mass is 16.1. The second kappa shape index (κ2) is 5.28. The molecule has 0 aromatic heterocycles. The van der Waals surface area contributed by atoms with Crippen LogP contribution in [0, 0.1) is 6.92 Å². The van der Waals surface area contributed by atoms with Crippen molar-refractivity contribution in [1.82, 2.24) is 0 Å². The summed E-state index contributed by atoms with van der Waals surface area (Å²) < 4.78 is 0. The van der Waals surface area contributed by atoms with E-state index in [1.54, 1.807) is 0 Å². The zero-order valence-corrected chi connectivity index (χ0v) is 13.7. The van der Waals surface area contributed by atoms with Gasteiger partial charge in [0.05, 0.1) is 0 Å². The van der Waals surface area contributed by atoms with E-state index < -0.39 is 0 Å². The van der Waals surface area contributed by atoms with Crippen molar-refractivity contribution in [3.05, 3.63) is 64.7 Å². The fourth-order valence-electron chi connectivity index (χ4n) is 3.02. The first-order chi connectivity index (χ1) is 10.3. The fourth-order valence-corrected chi connectivity index (χ4v) is 3.02. The van der Waals surface area contributed by atoms with Gasteiger partial charge in [0.1, 0.15) is 0 Å². The van der Waals surface area contributed by atoms with Crippen molar-refractivity contribution in [2.45, 2.75) is 45.4 Å². The van der Waals surface area contributed by atoms with Crippen LogP contribution < -0.4 is 5.32 Å². The molecule has 1 N–H and O–H groups in total. The lowest BCUT2D eigenvalue weighted by atomic mass is 9.80. The number of carbonyl (C=O) groups excluding carboxylic acids is 1. The standard InChI is InChI=1S/C20H23NO/c1-13-5-7-14(8-6-13)16-12-19(22)21-18-10-9-15(11-17(16)18)20(2,3)4/h5-11,16H,12H2,1-4H3,(H,21,22). The Hall–Kier alpha value is -2.09. The van der Waals surface area contributed by atoms with Gasteiger partial charge in [-0.05, 0) is 35.1 Å². The average Bonchev–Trinajstić information content (AvgIpc) is 2.45. The van der Waals surface area contributed by atoms with Crippen molar-refractivity contribution >= 4 is 11.6 Å². The molecule has 0 spiro atoms. The minimum Gasteiger partial charge on any atom is -0.326 e. The molecule has 0 radical (unpaired) electrons. The summed E-state index contributed by atoms with van der Waals surface area (Å²) in [6.45, 7) is 8.74. The summed E-state index contributed by atoms with van der Waals surface area (Å²) in [5.74, 6) is 0.244. The molecule has 0 saturated carbocycles. The Morgan fingerprint density at radius 2 is 1.73 bits per heavy atom. The molecule has 2 nitrogen and oxygen atoms in total. The maximum absolute atomic E-state index is 12.0. The van der Waals surface area contributed by atoms with Gasteiger partial charge in [0, 0.05) is 18.0 Å². The molecule has 0 fully saturated rings. The molecule has 2 aromatic rings. The van der Waals surface area contributed by atoms with E-state index in [0.29, 0.717) is 6.42 Å². The number of hydrogen-bond acceptors (Lipinski definition) is 1. The third-order valence-electron chi connectivity index (χ3n) is 4.44. The number of aryl methyl sites for hydroxylation is 1. The topological polar surface area (TPSA) is 29.1 Å². The van der Waals surface area contributed by atoms with Gasteiger partial charge in [0.2, 0.25) is 5.91 Å². The first-order valence-corrected chi connectivity index (χ1v) is 7.85. The summed E-state index contributed by atoms with van der Waals surface area (Å²) in [6.07, 6.45) is 0.518. The van der Waals surface area contributed by atoms with Crippen LogP contribution in [0.1, 0.15) is 55.4 Å². The Bertz CT molecular complexity index is 707. The van der Waals surface area contributed by atoms with Crippen molar-refractivity contribution < 1.29 is 4.79 Å². The van der Waals surface area contributed by atoms with Gasteiger partial charge in [-0.1, -0.05) is 62.7 Å². The summed E-state index contributed by atoms with van der Waals surface area (Å²) in [5.41, 5.74) is 6.06. The second-order valence-corrected chi connectivity index (χ2v) is 7.27. The summed E-state index contributed by atoms with van der Waals surface area (Å²) in [7, 11) is 0. The molecule has 0 aliphatic carbocycles. The predicted molar refractivity (Wildman–Crippen MR) is 91.4 cm³/mol. The lowest BCUT2D eigenvalue weighted by Gasteiger charge is -2.29. The Balaban J connectivity index is 2.10. The van der Waals surface area contributed by atoms with Crippen LogP contribution in [0.5, 0.6) is 0 Å². The van der Waals surface area contributed by atoms with Crippen LogP contribution in [-0.2, 0) is 10.2 Å². The molecule has 114 valence electrons. The van der Waals surface area contributed by atoms with Crippen molar-refractivity contribution in [3.8, 4) is 0 Å². The highest BCUT2D eigenvalue weighted by Crippen LogP contribution is 2.39. The third-order valence-corrected chi connectivity index (χ3v) is 4.44. The number of anilines is 1. The summed E-state index contributed by atoms with van der Waals surface area (Å²) in [4.78, 5) is 12.0. The van der Waals surface area contributed by atoms with Crippen molar-refractivity contribution in [1.29, 1.82) is 0 Å². The number of amides is 1. The minimum atomic E-state index is 0.0987. The van der Waals surface area contributed by atoms with Gasteiger partial charge < -0.3 is 5.32 Å². The molecule has 0 saturated heterocycles. The van der Waals surface area contributed by atoms with E-state index in [4.69, 9.17) is 0 Å². The third kappa shape index (κ3) is 2.78. The van der Waals surface area contributed by atoms with Crippen LogP contribution in [0.25, 0.3) is 0 Å². The molecule has 1 unspecified atom stereocenters. The van der Waals surface area contributed by atoms with Crippen LogP contribution in [0.3, 0.4) is 0 Å². The Kier molecular flexibility index (Phi) is 3.56. The van der Waals surface area contributed by atoms with Gasteiger partial charge in [-0.2, -0.15) is 0 Å².